The number of rotatable bonds is 9. The number of nitrogens with zero attached hydrogens (tertiary/aromatic N) is 1. The third kappa shape index (κ3) is 8.50. The van der Waals surface area contributed by atoms with Crippen molar-refractivity contribution in [3.63, 3.8) is 0 Å². The van der Waals surface area contributed by atoms with Crippen molar-refractivity contribution in [1.82, 2.24) is 0 Å². The lowest BCUT2D eigenvalue weighted by molar-refractivity contribution is -0.509. The predicted molar refractivity (Wildman–Crippen MR) is 69.8 cm³/mol. The zero-order chi connectivity index (χ0) is 13.8. The summed E-state index contributed by atoms with van der Waals surface area (Å²) >= 11 is 0. The second-order valence-electron chi connectivity index (χ2n) is 3.90. The van der Waals surface area contributed by atoms with Gasteiger partial charge in [0.25, 0.3) is 0 Å². The molecular weight excluding hydrogens is 234 g/mol. The molecule has 0 N–H and O–H groups in total. The van der Waals surface area contributed by atoms with Crippen LogP contribution in [0.5, 0.6) is 0 Å². The summed E-state index contributed by atoms with van der Waals surface area (Å²) in [6.45, 7) is 1.79. The number of carbonyl (C=O) groups is 1. The van der Waals surface area contributed by atoms with E-state index in [2.05, 4.69) is 4.74 Å². The minimum atomic E-state index is -0.603. The molecule has 18 heavy (non-hydrogen) atoms. The highest BCUT2D eigenvalue weighted by Gasteiger charge is 2.10. The van der Waals surface area contributed by atoms with Crippen molar-refractivity contribution in [2.24, 2.45) is 0 Å². The Morgan fingerprint density at radius 3 is 2.67 bits per heavy atom. The van der Waals surface area contributed by atoms with Gasteiger partial charge in [-0.3, -0.25) is 14.9 Å². The predicted octanol–water partition coefficient (Wildman–Crippen LogP) is 2.89. The summed E-state index contributed by atoms with van der Waals surface area (Å²) in [7, 11) is 1.38. The van der Waals surface area contributed by atoms with Crippen molar-refractivity contribution < 1.29 is 14.5 Å². The van der Waals surface area contributed by atoms with Gasteiger partial charge in [-0.2, -0.15) is 0 Å². The van der Waals surface area contributed by atoms with Gasteiger partial charge in [0.05, 0.1) is 7.11 Å². The van der Waals surface area contributed by atoms with E-state index >= 15 is 0 Å². The average molecular weight is 255 g/mol. The highest BCUT2D eigenvalue weighted by atomic mass is 16.6. The smallest absolute Gasteiger partial charge is 0.305 e. The Hall–Kier alpha value is -1.65. The Balaban J connectivity index is 3.68. The molecule has 1 unspecified atom stereocenters. The first-order valence-electron chi connectivity index (χ1n) is 6.15. The van der Waals surface area contributed by atoms with E-state index in [1.807, 2.05) is 12.2 Å². The van der Waals surface area contributed by atoms with E-state index in [0.717, 1.165) is 19.3 Å². The fourth-order valence-electron chi connectivity index (χ4n) is 1.36. The largest absolute Gasteiger partial charge is 0.469 e. The summed E-state index contributed by atoms with van der Waals surface area (Å²) in [6, 6.07) is -0.603. The molecular formula is C13H21NO4. The van der Waals surface area contributed by atoms with Crippen molar-refractivity contribution in [2.45, 2.75) is 45.1 Å². The van der Waals surface area contributed by atoms with Crippen LogP contribution in [0.2, 0.25) is 0 Å². The van der Waals surface area contributed by atoms with Gasteiger partial charge >= 0.3 is 5.97 Å². The minimum Gasteiger partial charge on any atom is -0.469 e. The topological polar surface area (TPSA) is 69.4 Å². The first kappa shape index (κ1) is 16.4. The number of nitro groups is 1. The number of hydrogen-bond acceptors (Lipinski definition) is 4. The molecule has 0 rings (SSSR count). The van der Waals surface area contributed by atoms with E-state index < -0.39 is 6.04 Å². The van der Waals surface area contributed by atoms with Crippen molar-refractivity contribution in [2.75, 3.05) is 7.11 Å². The van der Waals surface area contributed by atoms with Crippen LogP contribution in [-0.4, -0.2) is 24.0 Å². The van der Waals surface area contributed by atoms with Crippen LogP contribution in [0.3, 0.4) is 0 Å². The number of hydrogen-bond donors (Lipinski definition) is 0. The molecule has 0 amide bonds. The molecule has 0 saturated carbocycles. The van der Waals surface area contributed by atoms with E-state index in [-0.39, 0.29) is 10.9 Å². The second-order valence-corrected chi connectivity index (χ2v) is 3.90. The van der Waals surface area contributed by atoms with Gasteiger partial charge < -0.3 is 4.74 Å². The fourth-order valence-corrected chi connectivity index (χ4v) is 1.36. The number of allylic oxidation sites excluding steroid dienone is 3. The van der Waals surface area contributed by atoms with Crippen LogP contribution in [0, 0.1) is 10.1 Å². The monoisotopic (exact) mass is 255 g/mol. The molecule has 0 bridgehead atoms. The van der Waals surface area contributed by atoms with E-state index in [1.54, 1.807) is 19.1 Å². The van der Waals surface area contributed by atoms with Crippen LogP contribution in [0.25, 0.3) is 0 Å². The third-order valence-corrected chi connectivity index (χ3v) is 2.50. The maximum atomic E-state index is 10.8. The van der Waals surface area contributed by atoms with Crippen LogP contribution in [0.1, 0.15) is 39.0 Å². The summed E-state index contributed by atoms with van der Waals surface area (Å²) in [5, 5.41) is 10.5. The van der Waals surface area contributed by atoms with Crippen LogP contribution in [0.4, 0.5) is 0 Å². The van der Waals surface area contributed by atoms with E-state index in [0.29, 0.717) is 12.8 Å². The Kier molecular flexibility index (Phi) is 9.54. The van der Waals surface area contributed by atoms with E-state index in [9.17, 15) is 14.9 Å². The molecule has 0 spiro atoms. The second kappa shape index (κ2) is 10.5. The van der Waals surface area contributed by atoms with Crippen LogP contribution < -0.4 is 0 Å². The van der Waals surface area contributed by atoms with Gasteiger partial charge in [-0.1, -0.05) is 25.2 Å². The molecule has 0 aromatic carbocycles. The molecule has 0 aliphatic heterocycles. The molecule has 0 aliphatic carbocycles. The zero-order valence-corrected chi connectivity index (χ0v) is 11.0. The number of carbonyl (C=O) groups excluding carboxylic acids is 1. The Morgan fingerprint density at radius 1 is 1.39 bits per heavy atom. The summed E-state index contributed by atoms with van der Waals surface area (Å²) in [5.41, 5.74) is 0. The normalized spacial score (nSPS) is 13.0. The maximum Gasteiger partial charge on any atom is 0.305 e. The lowest BCUT2D eigenvalue weighted by Gasteiger charge is -1.98. The molecule has 102 valence electrons. The number of methoxy groups -OCH3 is 1. The maximum absolute atomic E-state index is 10.8. The van der Waals surface area contributed by atoms with Gasteiger partial charge in [0.15, 0.2) is 0 Å². The van der Waals surface area contributed by atoms with Crippen LogP contribution >= 0.6 is 0 Å². The lowest BCUT2D eigenvalue weighted by atomic mass is 10.2. The van der Waals surface area contributed by atoms with Gasteiger partial charge in [0.2, 0.25) is 6.04 Å². The summed E-state index contributed by atoms with van der Waals surface area (Å²) in [4.78, 5) is 21.0. The van der Waals surface area contributed by atoms with E-state index in [1.165, 1.54) is 7.11 Å². The summed E-state index contributed by atoms with van der Waals surface area (Å²) < 4.78 is 4.52. The van der Waals surface area contributed by atoms with Gasteiger partial charge in [-0.15, -0.1) is 0 Å². The average Bonchev–Trinajstić information content (AvgIpc) is 2.36. The molecule has 1 atom stereocenters. The van der Waals surface area contributed by atoms with Crippen LogP contribution in [0.15, 0.2) is 24.3 Å². The molecule has 0 aromatic heterocycles. The quantitative estimate of drug-likeness (QED) is 0.209. The lowest BCUT2D eigenvalue weighted by Crippen LogP contribution is -2.14. The molecule has 0 radical (unpaired) electrons. The van der Waals surface area contributed by atoms with Crippen molar-refractivity contribution in [1.29, 1.82) is 0 Å². The van der Waals surface area contributed by atoms with Gasteiger partial charge in [-0.25, -0.2) is 0 Å². The third-order valence-electron chi connectivity index (χ3n) is 2.50. The first-order chi connectivity index (χ1) is 8.61. The van der Waals surface area contributed by atoms with Crippen molar-refractivity contribution in [3.8, 4) is 0 Å². The number of unbranched alkanes of at least 4 members (excludes halogenated alkanes) is 2. The highest BCUT2D eigenvalue weighted by molar-refractivity contribution is 5.68. The molecule has 0 heterocycles. The summed E-state index contributed by atoms with van der Waals surface area (Å²) in [6.07, 6.45) is 10.6. The Bertz CT molecular complexity index is 310. The molecule has 0 saturated heterocycles. The standard InChI is InChI=1S/C13H21NO4/c1-3-12(14(16)17)10-8-6-4-5-7-9-11-13(15)18-2/h4,6,8,10,12H,3,5,7,9,11H2,1-2H3/b6-4?,10-8+. The number of esters is 1. The van der Waals surface area contributed by atoms with E-state index in [4.69, 9.17) is 0 Å². The molecule has 5 nitrogen and oxygen atoms in total. The molecule has 0 aromatic rings. The molecule has 5 heteroatoms. The minimum absolute atomic E-state index is 0.185. The first-order valence-corrected chi connectivity index (χ1v) is 6.15. The highest BCUT2D eigenvalue weighted by Crippen LogP contribution is 2.02. The van der Waals surface area contributed by atoms with Gasteiger partial charge in [-0.05, 0) is 25.3 Å². The number of ether oxygens (including phenoxy) is 1. The zero-order valence-electron chi connectivity index (χ0n) is 11.0. The van der Waals surface area contributed by atoms with Crippen molar-refractivity contribution in [3.05, 3.63) is 34.4 Å². The SMILES string of the molecule is CCC(/C=C/C=CCCCCC(=O)OC)[N+](=O)[O-]. The van der Waals surface area contributed by atoms with Crippen molar-refractivity contribution >= 4 is 5.97 Å². The molecule has 0 aliphatic rings. The van der Waals surface area contributed by atoms with Gasteiger partial charge in [0.1, 0.15) is 0 Å². The molecule has 0 fully saturated rings. The summed E-state index contributed by atoms with van der Waals surface area (Å²) in [5.74, 6) is -0.185. The Morgan fingerprint density at radius 2 is 2.11 bits per heavy atom. The van der Waals surface area contributed by atoms with Gasteiger partial charge in [0, 0.05) is 17.8 Å². The Labute approximate surface area is 108 Å². The fraction of sp³-hybridized carbons (Fsp3) is 0.615. The van der Waals surface area contributed by atoms with Crippen LogP contribution in [-0.2, 0) is 9.53 Å².